The topological polar surface area (TPSA) is 133 Å². The van der Waals surface area contributed by atoms with Gasteiger partial charge >= 0.3 is 25.7 Å². The first kappa shape index (κ1) is 96.2. The van der Waals surface area contributed by atoms with Crippen LogP contribution in [-0.2, 0) is 43.6 Å². The van der Waals surface area contributed by atoms with Crippen LogP contribution in [0, 0.1) is 10.8 Å². The second kappa shape index (κ2) is 44.7. The number of hydrogen-bond acceptors (Lipinski definition) is 12. The molecule has 0 atom stereocenters. The average Bonchev–Trinajstić information content (AvgIpc) is 3.09. The molecule has 73 heavy (non-hydrogen) atoms. The van der Waals surface area contributed by atoms with Gasteiger partial charge in [0.05, 0.1) is 52.9 Å². The van der Waals surface area contributed by atoms with Crippen molar-refractivity contribution in [2.24, 2.45) is 10.8 Å². The largest absolute Gasteiger partial charge is 0.440 e. The van der Waals surface area contributed by atoms with E-state index in [-0.39, 0.29) is 76.0 Å². The first-order valence-corrected chi connectivity index (χ1v) is 52.3. The van der Waals surface area contributed by atoms with E-state index >= 15 is 0 Å². The van der Waals surface area contributed by atoms with Crippen LogP contribution in [0.25, 0.3) is 0 Å². The van der Waals surface area contributed by atoms with Gasteiger partial charge in [-0.3, -0.25) is 0 Å². The Kier molecular flexibility index (Phi) is 58.9. The molecule has 0 bridgehead atoms. The van der Waals surface area contributed by atoms with Crippen molar-refractivity contribution in [1.82, 2.24) is 0 Å². The lowest BCUT2D eigenvalue weighted by molar-refractivity contribution is -0.0529. The third kappa shape index (κ3) is 57.5. The zero-order chi connectivity index (χ0) is 52.4. The highest BCUT2D eigenvalue weighted by molar-refractivity contribution is 6.88. The average molecular weight is 1210 g/mol. The fourth-order valence-electron chi connectivity index (χ4n) is 7.67. The number of rotatable bonds is 36. The molecule has 12 nitrogen and oxygen atoms in total. The number of aliphatic hydroxyl groups excluding tert-OH is 2. The van der Waals surface area contributed by atoms with Crippen LogP contribution in [-0.4, -0.2) is 153 Å². The summed E-state index contributed by atoms with van der Waals surface area (Å²) in [5, 5.41) is 19.6. The normalized spacial score (nSPS) is 12.5. The lowest BCUT2D eigenvalue weighted by atomic mass is 9.88. The molecular formula is C52H138O12Si9. The van der Waals surface area contributed by atoms with Crippen molar-refractivity contribution in [2.75, 3.05) is 66.1 Å². The van der Waals surface area contributed by atoms with Crippen molar-refractivity contribution in [2.45, 2.75) is 241 Å². The first-order valence-electron chi connectivity index (χ1n) is 24.7. The molecule has 0 aliphatic heterocycles. The molecule has 2 N–H and O–H groups in total. The van der Waals surface area contributed by atoms with Crippen LogP contribution in [0.5, 0.6) is 0 Å². The molecule has 0 heterocycles. The molecule has 0 radical (unpaired) electrons. The highest BCUT2D eigenvalue weighted by Crippen LogP contribution is 2.28. The van der Waals surface area contributed by atoms with Gasteiger partial charge in [-0.05, 0) is 175 Å². The highest BCUT2D eigenvalue weighted by atomic mass is 28.5. The van der Waals surface area contributed by atoms with Gasteiger partial charge in [0.25, 0.3) is 0 Å². The molecule has 0 amide bonds. The summed E-state index contributed by atoms with van der Waals surface area (Å²) in [5.74, 6) is 0. The first-order chi connectivity index (χ1) is 29.7. The summed E-state index contributed by atoms with van der Waals surface area (Å²) < 4.78 is 60.8. The predicted octanol–water partition coefficient (Wildman–Crippen LogP) is 16.5. The summed E-state index contributed by atoms with van der Waals surface area (Å²) in [6.45, 7) is 62.3. The van der Waals surface area contributed by atoms with E-state index in [9.17, 15) is 10.2 Å². The lowest BCUT2D eigenvalue weighted by Crippen LogP contribution is -2.51. The van der Waals surface area contributed by atoms with E-state index in [1.54, 1.807) is 12.2 Å². The highest BCUT2D eigenvalue weighted by Gasteiger charge is 2.39. The molecule has 0 aliphatic carbocycles. The van der Waals surface area contributed by atoms with Crippen molar-refractivity contribution in [3.63, 3.8) is 0 Å². The molecule has 0 rings (SSSR count). The van der Waals surface area contributed by atoms with E-state index < -0.39 is 76.3 Å². The Labute approximate surface area is 470 Å². The smallest absolute Gasteiger partial charge is 0.311 e. The van der Waals surface area contributed by atoms with Gasteiger partial charge in [-0.15, -0.1) is 13.2 Å². The minimum atomic E-state index is -2.11. The van der Waals surface area contributed by atoms with Crippen LogP contribution >= 0.6 is 0 Å². The van der Waals surface area contributed by atoms with Gasteiger partial charge < -0.3 is 53.9 Å². The SMILES string of the molecule is C.C.C.C.C.C.C.C=CCOCC(CC)(CO)COCC=C.CCC(CO)(COCCC[Si](C)(C)O[Si](C)(C)O[Si](C)(C)C)COCCC[Si](C)(C)O[Si](C)(C)O[Si](C)(C)C.C[SiH](C)O[Si](C)(C)O[Si](C)(C)C. The summed E-state index contributed by atoms with van der Waals surface area (Å²) in [4.78, 5) is 0. The number of hydrogen-bond donors (Lipinski definition) is 2. The minimum Gasteiger partial charge on any atom is -0.440 e. The molecule has 0 aromatic heterocycles. The van der Waals surface area contributed by atoms with E-state index in [4.69, 9.17) is 43.6 Å². The lowest BCUT2D eigenvalue weighted by Gasteiger charge is -2.37. The van der Waals surface area contributed by atoms with Crippen molar-refractivity contribution < 1.29 is 53.9 Å². The molecular weight excluding hydrogens is 1070 g/mol. The zero-order valence-electron chi connectivity index (χ0n) is 47.4. The summed E-state index contributed by atoms with van der Waals surface area (Å²) in [7, 11) is -15.2. The number of ether oxygens (including phenoxy) is 4. The Balaban J connectivity index is -0.000000121. The standard InChI is InChI=1S/C26H66O7Si6.C12H22O3.C7H22O2Si3.7CH4/c1-16-26(23-27,24-28-19-17-21-36(8,9)32-38(12,13)30-34(2,3)4)25-29-20-18-22-37(10,11)33-39(14,15)31-35(5,6)7;1-4-7-14-10-12(6-3,9-13)11-15-8-5-2;1-10(2)8-12(6,7)9-11(3,4)5;;;;;;;/h27H,16-25H2,1-15H3;4-5,13H,1-2,6-11H2,3H3;10H,1-7H3;7*1H4. The molecule has 0 unspecified atom stereocenters. The van der Waals surface area contributed by atoms with Crippen molar-refractivity contribution in [3.05, 3.63) is 25.3 Å². The fraction of sp³-hybridized carbons (Fsp3) is 0.923. The Morgan fingerprint density at radius 1 is 0.425 bits per heavy atom. The summed E-state index contributed by atoms with van der Waals surface area (Å²) in [6, 6.07) is 2.08. The van der Waals surface area contributed by atoms with Crippen LogP contribution in [0.15, 0.2) is 25.3 Å². The quantitative estimate of drug-likeness (QED) is 0.0352. The van der Waals surface area contributed by atoms with E-state index in [0.29, 0.717) is 52.9 Å². The van der Waals surface area contributed by atoms with E-state index in [2.05, 4.69) is 158 Å². The fourth-order valence-corrected chi connectivity index (χ4v) is 45.1. The Morgan fingerprint density at radius 2 is 0.685 bits per heavy atom. The molecule has 0 aromatic carbocycles. The van der Waals surface area contributed by atoms with Gasteiger partial charge in [0.15, 0.2) is 50.6 Å². The summed E-state index contributed by atoms with van der Waals surface area (Å²) >= 11 is 0. The van der Waals surface area contributed by atoms with Crippen molar-refractivity contribution in [3.8, 4) is 0 Å². The summed E-state index contributed by atoms with van der Waals surface area (Å²) in [5.41, 5.74) is -0.654. The molecule has 0 saturated heterocycles. The second-order valence-electron chi connectivity index (χ2n) is 23.7. The minimum absolute atomic E-state index is 0. The van der Waals surface area contributed by atoms with Gasteiger partial charge in [0, 0.05) is 24.0 Å². The number of aliphatic hydroxyl groups is 2. The van der Waals surface area contributed by atoms with Crippen LogP contribution < -0.4 is 0 Å². The van der Waals surface area contributed by atoms with E-state index in [0.717, 1.165) is 37.8 Å². The van der Waals surface area contributed by atoms with Gasteiger partial charge in [0.1, 0.15) is 0 Å². The Morgan fingerprint density at radius 3 is 0.904 bits per heavy atom. The monoisotopic (exact) mass is 1210 g/mol. The molecule has 0 aliphatic rings. The maximum atomic E-state index is 10.2. The Bertz CT molecular complexity index is 1200. The third-order valence-electron chi connectivity index (χ3n) is 9.63. The molecule has 21 heteroatoms. The van der Waals surface area contributed by atoms with Gasteiger partial charge in [0.2, 0.25) is 0 Å². The van der Waals surface area contributed by atoms with E-state index in [1.807, 2.05) is 6.92 Å². The van der Waals surface area contributed by atoms with Gasteiger partial charge in [-0.25, -0.2) is 0 Å². The van der Waals surface area contributed by atoms with Crippen molar-refractivity contribution in [1.29, 1.82) is 0 Å². The van der Waals surface area contributed by atoms with Crippen LogP contribution in [0.3, 0.4) is 0 Å². The summed E-state index contributed by atoms with van der Waals surface area (Å²) in [6.07, 6.45) is 6.95. The van der Waals surface area contributed by atoms with Crippen LogP contribution in [0.2, 0.25) is 150 Å². The van der Waals surface area contributed by atoms with E-state index in [1.165, 1.54) is 0 Å². The maximum Gasteiger partial charge on any atom is 0.311 e. The predicted molar refractivity (Wildman–Crippen MR) is 352 cm³/mol. The Hall–Kier alpha value is 0.952. The van der Waals surface area contributed by atoms with Crippen molar-refractivity contribution >= 4 is 76.3 Å². The molecule has 0 aromatic rings. The van der Waals surface area contributed by atoms with Crippen LogP contribution in [0.4, 0.5) is 0 Å². The molecule has 0 saturated carbocycles. The maximum absolute atomic E-state index is 10.2. The molecule has 454 valence electrons. The third-order valence-corrected chi connectivity index (χ3v) is 38.5. The molecule has 0 fully saturated rings. The molecule has 0 spiro atoms. The second-order valence-corrected chi connectivity index (χ2v) is 59.9. The van der Waals surface area contributed by atoms with Gasteiger partial charge in [-0.1, -0.05) is 78.0 Å². The van der Waals surface area contributed by atoms with Gasteiger partial charge in [-0.2, -0.15) is 0 Å². The zero-order valence-corrected chi connectivity index (χ0v) is 56.6. The van der Waals surface area contributed by atoms with Crippen LogP contribution in [0.1, 0.15) is 91.5 Å².